The first-order valence-electron chi connectivity index (χ1n) is 5.77. The van der Waals surface area contributed by atoms with Crippen LogP contribution in [-0.2, 0) is 6.42 Å². The summed E-state index contributed by atoms with van der Waals surface area (Å²) in [7, 11) is 0. The molecule has 4 heteroatoms. The Morgan fingerprint density at radius 1 is 1.39 bits per heavy atom. The fraction of sp³-hybridized carbons (Fsp3) is 0.214. The minimum absolute atomic E-state index is 0.0224. The lowest BCUT2D eigenvalue weighted by atomic mass is 10.1. The van der Waals surface area contributed by atoms with Crippen LogP contribution in [0.1, 0.15) is 20.8 Å². The molecule has 0 saturated carbocycles. The number of amides is 1. The fourth-order valence-corrected chi connectivity index (χ4v) is 2.39. The van der Waals surface area contributed by atoms with Crippen molar-refractivity contribution in [3.63, 3.8) is 0 Å². The summed E-state index contributed by atoms with van der Waals surface area (Å²) in [5, 5.41) is 14.5. The zero-order valence-corrected chi connectivity index (χ0v) is 11.0. The van der Waals surface area contributed by atoms with Crippen LogP contribution >= 0.6 is 11.3 Å². The molecular weight excluding hydrogens is 246 g/mol. The fourth-order valence-electron chi connectivity index (χ4n) is 1.68. The number of carbonyl (C=O) groups excluding carboxylic acids is 1. The molecule has 0 radical (unpaired) electrons. The molecule has 1 aromatic carbocycles. The molecule has 0 bridgehead atoms. The predicted octanol–water partition coefficient (Wildman–Crippen LogP) is 2.73. The third-order valence-corrected chi connectivity index (χ3v) is 3.57. The topological polar surface area (TPSA) is 49.3 Å². The number of hydrogen-bond acceptors (Lipinski definition) is 3. The van der Waals surface area contributed by atoms with Crippen LogP contribution in [0.15, 0.2) is 35.7 Å². The molecule has 0 spiro atoms. The Morgan fingerprint density at radius 3 is 2.94 bits per heavy atom. The SMILES string of the molecule is Cc1ccc(O)c(C(=O)NCCc2cccs2)c1. The van der Waals surface area contributed by atoms with E-state index in [0.717, 1.165) is 12.0 Å². The van der Waals surface area contributed by atoms with Crippen molar-refractivity contribution >= 4 is 17.2 Å². The second kappa shape index (κ2) is 5.69. The van der Waals surface area contributed by atoms with Gasteiger partial charge in [-0.05, 0) is 36.9 Å². The van der Waals surface area contributed by atoms with E-state index in [4.69, 9.17) is 0 Å². The molecule has 1 amide bonds. The first-order valence-corrected chi connectivity index (χ1v) is 6.65. The molecule has 0 fully saturated rings. The lowest BCUT2D eigenvalue weighted by Gasteiger charge is -2.07. The van der Waals surface area contributed by atoms with Gasteiger partial charge in [0.1, 0.15) is 5.75 Å². The summed E-state index contributed by atoms with van der Waals surface area (Å²) < 4.78 is 0. The van der Waals surface area contributed by atoms with E-state index < -0.39 is 0 Å². The van der Waals surface area contributed by atoms with Crippen LogP contribution in [0.25, 0.3) is 0 Å². The standard InChI is InChI=1S/C14H15NO2S/c1-10-4-5-13(16)12(9-10)14(17)15-7-6-11-3-2-8-18-11/h2-5,8-9,16H,6-7H2,1H3,(H,15,17). The maximum atomic E-state index is 11.9. The summed E-state index contributed by atoms with van der Waals surface area (Å²) in [6, 6.07) is 9.05. The quantitative estimate of drug-likeness (QED) is 0.889. The zero-order valence-electron chi connectivity index (χ0n) is 10.1. The summed E-state index contributed by atoms with van der Waals surface area (Å²) in [6.07, 6.45) is 0.815. The highest BCUT2D eigenvalue weighted by molar-refractivity contribution is 7.09. The molecule has 94 valence electrons. The number of aromatic hydroxyl groups is 1. The second-order valence-corrected chi connectivity index (χ2v) is 5.14. The molecule has 0 aliphatic heterocycles. The van der Waals surface area contributed by atoms with Crippen molar-refractivity contribution in [1.82, 2.24) is 5.32 Å². The van der Waals surface area contributed by atoms with Crippen molar-refractivity contribution < 1.29 is 9.90 Å². The number of nitrogens with one attached hydrogen (secondary N) is 1. The van der Waals surface area contributed by atoms with Gasteiger partial charge in [-0.15, -0.1) is 11.3 Å². The van der Waals surface area contributed by atoms with Gasteiger partial charge in [0.05, 0.1) is 5.56 Å². The molecule has 1 aromatic heterocycles. The number of benzene rings is 1. The monoisotopic (exact) mass is 261 g/mol. The number of phenols is 1. The summed E-state index contributed by atoms with van der Waals surface area (Å²) in [5.74, 6) is -0.207. The Morgan fingerprint density at radius 2 is 2.22 bits per heavy atom. The Labute approximate surface area is 110 Å². The lowest BCUT2D eigenvalue weighted by molar-refractivity contribution is 0.0951. The van der Waals surface area contributed by atoms with Gasteiger partial charge in [0.25, 0.3) is 5.91 Å². The normalized spacial score (nSPS) is 10.3. The average molecular weight is 261 g/mol. The molecule has 0 atom stereocenters. The number of rotatable bonds is 4. The molecule has 18 heavy (non-hydrogen) atoms. The van der Waals surface area contributed by atoms with E-state index >= 15 is 0 Å². The lowest BCUT2D eigenvalue weighted by Crippen LogP contribution is -2.25. The summed E-state index contributed by atoms with van der Waals surface area (Å²) in [5.41, 5.74) is 1.29. The van der Waals surface area contributed by atoms with Crippen molar-refractivity contribution in [2.45, 2.75) is 13.3 Å². The number of thiophene rings is 1. The maximum absolute atomic E-state index is 11.9. The largest absolute Gasteiger partial charge is 0.507 e. The Balaban J connectivity index is 1.93. The molecule has 3 nitrogen and oxygen atoms in total. The van der Waals surface area contributed by atoms with Gasteiger partial charge in [0.15, 0.2) is 0 Å². The Kier molecular flexibility index (Phi) is 3.99. The highest BCUT2D eigenvalue weighted by atomic mass is 32.1. The number of carbonyl (C=O) groups is 1. The summed E-state index contributed by atoms with van der Waals surface area (Å²) >= 11 is 1.68. The van der Waals surface area contributed by atoms with E-state index in [0.29, 0.717) is 12.1 Å². The number of aryl methyl sites for hydroxylation is 1. The van der Waals surface area contributed by atoms with Gasteiger partial charge in [-0.1, -0.05) is 17.7 Å². The van der Waals surface area contributed by atoms with Gasteiger partial charge in [-0.3, -0.25) is 4.79 Å². The molecule has 0 aliphatic rings. The van der Waals surface area contributed by atoms with Crippen molar-refractivity contribution in [1.29, 1.82) is 0 Å². The van der Waals surface area contributed by atoms with Crippen LogP contribution in [0.3, 0.4) is 0 Å². The van der Waals surface area contributed by atoms with Crippen molar-refractivity contribution in [2.75, 3.05) is 6.54 Å². The Hall–Kier alpha value is -1.81. The van der Waals surface area contributed by atoms with Crippen LogP contribution in [-0.4, -0.2) is 17.6 Å². The van der Waals surface area contributed by atoms with Crippen molar-refractivity contribution in [3.8, 4) is 5.75 Å². The van der Waals surface area contributed by atoms with Crippen LogP contribution in [0.5, 0.6) is 5.75 Å². The first kappa shape index (κ1) is 12.6. The van der Waals surface area contributed by atoms with Gasteiger partial charge < -0.3 is 10.4 Å². The maximum Gasteiger partial charge on any atom is 0.255 e. The number of phenolic OH excluding ortho intramolecular Hbond substituents is 1. The Bertz CT molecular complexity index is 535. The van der Waals surface area contributed by atoms with Crippen molar-refractivity contribution in [3.05, 3.63) is 51.7 Å². The molecule has 0 aliphatic carbocycles. The van der Waals surface area contributed by atoms with E-state index in [9.17, 15) is 9.90 Å². The van der Waals surface area contributed by atoms with E-state index in [2.05, 4.69) is 5.32 Å². The van der Waals surface area contributed by atoms with Gasteiger partial charge in [-0.25, -0.2) is 0 Å². The van der Waals surface area contributed by atoms with Gasteiger partial charge in [-0.2, -0.15) is 0 Å². The molecular formula is C14H15NO2S. The molecule has 0 unspecified atom stereocenters. The van der Waals surface area contributed by atoms with E-state index in [1.807, 2.05) is 24.4 Å². The second-order valence-electron chi connectivity index (χ2n) is 4.11. The average Bonchev–Trinajstić information content (AvgIpc) is 2.85. The van der Waals surface area contributed by atoms with Gasteiger partial charge in [0.2, 0.25) is 0 Å². The minimum atomic E-state index is -0.229. The van der Waals surface area contributed by atoms with E-state index in [1.54, 1.807) is 29.5 Å². The third kappa shape index (κ3) is 3.11. The van der Waals surface area contributed by atoms with Crippen LogP contribution in [0, 0.1) is 6.92 Å². The third-order valence-electron chi connectivity index (χ3n) is 2.63. The number of hydrogen-bond donors (Lipinski definition) is 2. The van der Waals surface area contributed by atoms with Gasteiger partial charge >= 0.3 is 0 Å². The molecule has 2 rings (SSSR count). The van der Waals surface area contributed by atoms with Crippen LogP contribution < -0.4 is 5.32 Å². The highest BCUT2D eigenvalue weighted by Crippen LogP contribution is 2.17. The zero-order chi connectivity index (χ0) is 13.0. The minimum Gasteiger partial charge on any atom is -0.507 e. The van der Waals surface area contributed by atoms with Crippen molar-refractivity contribution in [2.24, 2.45) is 0 Å². The molecule has 2 N–H and O–H groups in total. The van der Waals surface area contributed by atoms with Gasteiger partial charge in [0, 0.05) is 11.4 Å². The van der Waals surface area contributed by atoms with Crippen LogP contribution in [0.4, 0.5) is 0 Å². The highest BCUT2D eigenvalue weighted by Gasteiger charge is 2.10. The van der Waals surface area contributed by atoms with Crippen LogP contribution in [0.2, 0.25) is 0 Å². The summed E-state index contributed by atoms with van der Waals surface area (Å²) in [6.45, 7) is 2.47. The summed E-state index contributed by atoms with van der Waals surface area (Å²) in [4.78, 5) is 13.1. The molecule has 1 heterocycles. The first-order chi connectivity index (χ1) is 8.66. The predicted molar refractivity (Wildman–Crippen MR) is 73.2 cm³/mol. The van der Waals surface area contributed by atoms with E-state index in [-0.39, 0.29) is 11.7 Å². The molecule has 2 aromatic rings. The van der Waals surface area contributed by atoms with E-state index in [1.165, 1.54) is 4.88 Å². The smallest absolute Gasteiger partial charge is 0.255 e. The molecule has 0 saturated heterocycles.